The van der Waals surface area contributed by atoms with Gasteiger partial charge in [-0.05, 0) is 28.5 Å². The molecule has 4 nitrogen and oxygen atoms in total. The molecule has 16 heavy (non-hydrogen) atoms. The van der Waals surface area contributed by atoms with Crippen molar-refractivity contribution < 1.29 is 9.59 Å². The number of carbonyl (C=O) groups is 2. The molecule has 1 aromatic rings. The SMILES string of the molecule is CC(=O)N(CCN)C(=O)/C=C/c1ccsc1. The maximum Gasteiger partial charge on any atom is 0.253 e. The average Bonchev–Trinajstić information content (AvgIpc) is 2.75. The molecule has 0 spiro atoms. The molecule has 0 unspecified atom stereocenters. The number of rotatable bonds is 4. The summed E-state index contributed by atoms with van der Waals surface area (Å²) < 4.78 is 0. The summed E-state index contributed by atoms with van der Waals surface area (Å²) in [5.74, 6) is -0.616. The molecule has 5 heteroatoms. The lowest BCUT2D eigenvalue weighted by molar-refractivity contribution is -0.140. The van der Waals surface area contributed by atoms with E-state index in [0.29, 0.717) is 0 Å². The van der Waals surface area contributed by atoms with Gasteiger partial charge in [0, 0.05) is 26.1 Å². The number of nitrogens with zero attached hydrogens (tertiary/aromatic N) is 1. The molecular formula is C11H14N2O2S. The molecule has 0 saturated heterocycles. The Labute approximate surface area is 98.4 Å². The van der Waals surface area contributed by atoms with Gasteiger partial charge in [0.25, 0.3) is 5.91 Å². The fourth-order valence-electron chi connectivity index (χ4n) is 1.18. The lowest BCUT2D eigenvalue weighted by atomic mass is 10.3. The monoisotopic (exact) mass is 238 g/mol. The Balaban J connectivity index is 2.65. The van der Waals surface area contributed by atoms with Crippen LogP contribution in [-0.2, 0) is 9.59 Å². The van der Waals surface area contributed by atoms with Gasteiger partial charge in [-0.25, -0.2) is 0 Å². The zero-order valence-corrected chi connectivity index (χ0v) is 9.87. The minimum atomic E-state index is -0.329. The predicted molar refractivity (Wildman–Crippen MR) is 64.8 cm³/mol. The summed E-state index contributed by atoms with van der Waals surface area (Å²) in [5, 5.41) is 3.84. The Morgan fingerprint density at radius 2 is 2.31 bits per heavy atom. The van der Waals surface area contributed by atoms with Gasteiger partial charge in [0.15, 0.2) is 0 Å². The third-order valence-corrected chi connectivity index (χ3v) is 2.66. The second-order valence-corrected chi connectivity index (χ2v) is 3.97. The van der Waals surface area contributed by atoms with Gasteiger partial charge in [0.2, 0.25) is 5.91 Å². The first-order valence-corrected chi connectivity index (χ1v) is 5.82. The molecule has 0 aliphatic carbocycles. The molecule has 0 bridgehead atoms. The molecule has 0 atom stereocenters. The van der Waals surface area contributed by atoms with Crippen LogP contribution in [-0.4, -0.2) is 29.8 Å². The van der Waals surface area contributed by atoms with Crippen molar-refractivity contribution in [3.63, 3.8) is 0 Å². The number of hydrogen-bond donors (Lipinski definition) is 1. The van der Waals surface area contributed by atoms with Gasteiger partial charge in [0.05, 0.1) is 0 Å². The van der Waals surface area contributed by atoms with E-state index in [1.54, 1.807) is 17.4 Å². The first-order chi connectivity index (χ1) is 7.65. The average molecular weight is 238 g/mol. The summed E-state index contributed by atoms with van der Waals surface area (Å²) in [7, 11) is 0. The van der Waals surface area contributed by atoms with Gasteiger partial charge in [0.1, 0.15) is 0 Å². The second kappa shape index (κ2) is 6.19. The Hall–Kier alpha value is -1.46. The summed E-state index contributed by atoms with van der Waals surface area (Å²) in [5.41, 5.74) is 6.28. The normalized spacial score (nSPS) is 10.6. The van der Waals surface area contributed by atoms with Crippen LogP contribution in [0.5, 0.6) is 0 Å². The van der Waals surface area contributed by atoms with Gasteiger partial charge < -0.3 is 5.73 Å². The van der Waals surface area contributed by atoms with Crippen LogP contribution in [0.2, 0.25) is 0 Å². The summed E-state index contributed by atoms with van der Waals surface area (Å²) in [6.07, 6.45) is 3.07. The van der Waals surface area contributed by atoms with Gasteiger partial charge in [-0.1, -0.05) is 0 Å². The van der Waals surface area contributed by atoms with Crippen molar-refractivity contribution in [3.05, 3.63) is 28.5 Å². The van der Waals surface area contributed by atoms with Crippen molar-refractivity contribution in [1.29, 1.82) is 0 Å². The van der Waals surface area contributed by atoms with Crippen molar-refractivity contribution in [2.24, 2.45) is 5.73 Å². The molecule has 0 aliphatic heterocycles. The molecule has 86 valence electrons. The van der Waals surface area contributed by atoms with E-state index in [1.165, 1.54) is 13.0 Å². The Bertz CT molecular complexity index is 385. The molecule has 1 aromatic heterocycles. The number of carbonyl (C=O) groups excluding carboxylic acids is 2. The fourth-order valence-corrected chi connectivity index (χ4v) is 1.81. The molecule has 1 heterocycles. The van der Waals surface area contributed by atoms with E-state index in [4.69, 9.17) is 5.73 Å². The molecule has 0 saturated carbocycles. The van der Waals surface area contributed by atoms with Crippen LogP contribution >= 0.6 is 11.3 Å². The maximum absolute atomic E-state index is 11.6. The van der Waals surface area contributed by atoms with E-state index in [2.05, 4.69) is 0 Å². The van der Waals surface area contributed by atoms with Gasteiger partial charge in [-0.15, -0.1) is 0 Å². The summed E-state index contributed by atoms with van der Waals surface area (Å²) in [6, 6.07) is 1.90. The summed E-state index contributed by atoms with van der Waals surface area (Å²) >= 11 is 1.55. The Morgan fingerprint density at radius 3 is 2.81 bits per heavy atom. The van der Waals surface area contributed by atoms with E-state index >= 15 is 0 Å². The minimum Gasteiger partial charge on any atom is -0.329 e. The topological polar surface area (TPSA) is 63.4 Å². The maximum atomic E-state index is 11.6. The van der Waals surface area contributed by atoms with Crippen LogP contribution in [0.3, 0.4) is 0 Å². The Kier molecular flexibility index (Phi) is 4.88. The summed E-state index contributed by atoms with van der Waals surface area (Å²) in [4.78, 5) is 23.9. The molecule has 2 N–H and O–H groups in total. The lowest BCUT2D eigenvalue weighted by Crippen LogP contribution is -2.37. The largest absolute Gasteiger partial charge is 0.329 e. The number of thiophene rings is 1. The molecule has 0 radical (unpaired) electrons. The highest BCUT2D eigenvalue weighted by atomic mass is 32.1. The summed E-state index contributed by atoms with van der Waals surface area (Å²) in [6.45, 7) is 1.88. The first kappa shape index (κ1) is 12.6. The van der Waals surface area contributed by atoms with Crippen molar-refractivity contribution in [2.75, 3.05) is 13.1 Å². The zero-order valence-electron chi connectivity index (χ0n) is 9.05. The highest BCUT2D eigenvalue weighted by Gasteiger charge is 2.13. The number of imide groups is 1. The minimum absolute atomic E-state index is 0.252. The first-order valence-electron chi connectivity index (χ1n) is 4.87. The van der Waals surface area contributed by atoms with Crippen LogP contribution in [0.15, 0.2) is 22.9 Å². The second-order valence-electron chi connectivity index (χ2n) is 3.19. The van der Waals surface area contributed by atoms with Crippen LogP contribution in [0.25, 0.3) is 6.08 Å². The number of hydrogen-bond acceptors (Lipinski definition) is 4. The lowest BCUT2D eigenvalue weighted by Gasteiger charge is -2.15. The van der Waals surface area contributed by atoms with Crippen LogP contribution in [0.4, 0.5) is 0 Å². The van der Waals surface area contributed by atoms with E-state index in [1.807, 2.05) is 16.8 Å². The third-order valence-electron chi connectivity index (χ3n) is 1.96. The number of nitrogens with two attached hydrogens (primary N) is 1. The van der Waals surface area contributed by atoms with Gasteiger partial charge in [-0.2, -0.15) is 11.3 Å². The van der Waals surface area contributed by atoms with Crippen molar-refractivity contribution >= 4 is 29.2 Å². The van der Waals surface area contributed by atoms with Gasteiger partial charge in [-0.3, -0.25) is 14.5 Å². The molecular weight excluding hydrogens is 224 g/mol. The number of amides is 2. The van der Waals surface area contributed by atoms with E-state index in [-0.39, 0.29) is 24.9 Å². The molecule has 0 fully saturated rings. The van der Waals surface area contributed by atoms with E-state index < -0.39 is 0 Å². The molecule has 2 amide bonds. The Morgan fingerprint density at radius 1 is 1.56 bits per heavy atom. The molecule has 0 aromatic carbocycles. The van der Waals surface area contributed by atoms with Crippen LogP contribution < -0.4 is 5.73 Å². The van der Waals surface area contributed by atoms with Crippen LogP contribution in [0.1, 0.15) is 12.5 Å². The van der Waals surface area contributed by atoms with E-state index in [9.17, 15) is 9.59 Å². The van der Waals surface area contributed by atoms with Crippen molar-refractivity contribution in [2.45, 2.75) is 6.92 Å². The molecule has 1 rings (SSSR count). The van der Waals surface area contributed by atoms with Crippen molar-refractivity contribution in [1.82, 2.24) is 4.90 Å². The standard InChI is InChI=1S/C11H14N2O2S/c1-9(14)13(6-5-12)11(15)3-2-10-4-7-16-8-10/h2-4,7-8H,5-6,12H2,1H3/b3-2+. The van der Waals surface area contributed by atoms with E-state index in [0.717, 1.165) is 10.5 Å². The quantitative estimate of drug-likeness (QED) is 0.799. The third kappa shape index (κ3) is 3.60. The smallest absolute Gasteiger partial charge is 0.253 e. The highest BCUT2D eigenvalue weighted by molar-refractivity contribution is 7.08. The molecule has 0 aliphatic rings. The predicted octanol–water partition coefficient (Wildman–Crippen LogP) is 1.10. The fraction of sp³-hybridized carbons (Fsp3) is 0.273. The van der Waals surface area contributed by atoms with Crippen molar-refractivity contribution in [3.8, 4) is 0 Å². The van der Waals surface area contributed by atoms with Crippen LogP contribution in [0, 0.1) is 0 Å². The zero-order chi connectivity index (χ0) is 12.0. The van der Waals surface area contributed by atoms with Gasteiger partial charge >= 0.3 is 0 Å². The highest BCUT2D eigenvalue weighted by Crippen LogP contribution is 2.08.